The number of ether oxygens (including phenoxy) is 1. The van der Waals surface area contributed by atoms with E-state index in [0.29, 0.717) is 13.0 Å². The molecule has 20 heavy (non-hydrogen) atoms. The summed E-state index contributed by atoms with van der Waals surface area (Å²) in [6, 6.07) is 7.12. The van der Waals surface area contributed by atoms with E-state index in [9.17, 15) is 4.79 Å². The Morgan fingerprint density at radius 3 is 2.65 bits per heavy atom. The zero-order valence-electron chi connectivity index (χ0n) is 12.3. The van der Waals surface area contributed by atoms with Crippen molar-refractivity contribution in [1.82, 2.24) is 10.6 Å². The summed E-state index contributed by atoms with van der Waals surface area (Å²) in [6.45, 7) is 6.16. The molecule has 1 aromatic carbocycles. The number of rotatable bonds is 7. The van der Waals surface area contributed by atoms with E-state index in [1.807, 2.05) is 45.0 Å². The number of nitrogens with one attached hydrogen (secondary N) is 2. The first-order valence-corrected chi connectivity index (χ1v) is 6.96. The van der Waals surface area contributed by atoms with Crippen LogP contribution in [0.25, 0.3) is 0 Å². The van der Waals surface area contributed by atoms with Gasteiger partial charge in [0.1, 0.15) is 5.75 Å². The summed E-state index contributed by atoms with van der Waals surface area (Å²) in [5.41, 5.74) is 0.924. The van der Waals surface area contributed by atoms with Crippen LogP contribution in [0.5, 0.6) is 5.75 Å². The molecule has 1 aromatic rings. The number of urea groups is 1. The molecule has 112 valence electrons. The second-order valence-electron chi connectivity index (χ2n) is 4.89. The van der Waals surface area contributed by atoms with Crippen LogP contribution in [0.1, 0.15) is 32.8 Å². The minimum absolute atomic E-state index is 0.0586. The van der Waals surface area contributed by atoms with Gasteiger partial charge in [-0.05, 0) is 26.3 Å². The summed E-state index contributed by atoms with van der Waals surface area (Å²) < 4.78 is 5.69. The molecule has 0 bridgehead atoms. The first-order valence-electron chi connectivity index (χ1n) is 6.96. The van der Waals surface area contributed by atoms with Gasteiger partial charge < -0.3 is 20.5 Å². The Labute approximate surface area is 120 Å². The fourth-order valence-electron chi connectivity index (χ4n) is 1.71. The smallest absolute Gasteiger partial charge is 0.315 e. The van der Waals surface area contributed by atoms with Gasteiger partial charge in [0.05, 0.1) is 18.8 Å². The zero-order chi connectivity index (χ0) is 15.0. The van der Waals surface area contributed by atoms with Crippen LogP contribution in [0.15, 0.2) is 24.3 Å². The molecule has 1 rings (SSSR count). The molecule has 0 unspecified atom stereocenters. The number of para-hydroxylation sites is 1. The molecule has 0 heterocycles. The molecule has 5 heteroatoms. The number of aliphatic hydroxyl groups excluding tert-OH is 1. The Kier molecular flexibility index (Phi) is 6.87. The van der Waals surface area contributed by atoms with Crippen molar-refractivity contribution >= 4 is 6.03 Å². The highest BCUT2D eigenvalue weighted by Crippen LogP contribution is 2.18. The molecule has 3 N–H and O–H groups in total. The number of amides is 2. The van der Waals surface area contributed by atoms with E-state index in [1.165, 1.54) is 0 Å². The van der Waals surface area contributed by atoms with Crippen molar-refractivity contribution in [3.05, 3.63) is 29.8 Å². The fraction of sp³-hybridized carbons (Fsp3) is 0.533. The molecule has 0 fully saturated rings. The summed E-state index contributed by atoms with van der Waals surface area (Å²) in [7, 11) is 0. The van der Waals surface area contributed by atoms with Gasteiger partial charge in [-0.15, -0.1) is 0 Å². The van der Waals surface area contributed by atoms with Crippen molar-refractivity contribution in [1.29, 1.82) is 0 Å². The number of hydrogen-bond acceptors (Lipinski definition) is 3. The van der Waals surface area contributed by atoms with Gasteiger partial charge in [-0.1, -0.05) is 25.1 Å². The first kappa shape index (κ1) is 16.3. The van der Waals surface area contributed by atoms with E-state index < -0.39 is 0 Å². The lowest BCUT2D eigenvalue weighted by atomic mass is 10.2. The standard InChI is InChI=1S/C15H24N2O3/c1-4-13(10-18)17-15(19)16-9-12-7-5-6-8-14(12)20-11(2)3/h5-8,11,13,18H,4,9-10H2,1-3H3,(H2,16,17,19)/t13-/m0/s1. The van der Waals surface area contributed by atoms with Crippen LogP contribution in [0, 0.1) is 0 Å². The SMILES string of the molecule is CC[C@@H](CO)NC(=O)NCc1ccccc1OC(C)C. The summed E-state index contributed by atoms with van der Waals surface area (Å²) in [5.74, 6) is 0.775. The van der Waals surface area contributed by atoms with Gasteiger partial charge in [0.2, 0.25) is 0 Å². The molecule has 0 spiro atoms. The number of carbonyl (C=O) groups is 1. The third kappa shape index (κ3) is 5.48. The van der Waals surface area contributed by atoms with E-state index in [0.717, 1.165) is 11.3 Å². The number of aliphatic hydroxyl groups is 1. The topological polar surface area (TPSA) is 70.6 Å². The van der Waals surface area contributed by atoms with Gasteiger partial charge in [0.25, 0.3) is 0 Å². The van der Waals surface area contributed by atoms with Gasteiger partial charge in [0, 0.05) is 12.1 Å². The second-order valence-corrected chi connectivity index (χ2v) is 4.89. The molecule has 0 aromatic heterocycles. The summed E-state index contributed by atoms with van der Waals surface area (Å²) >= 11 is 0. The van der Waals surface area contributed by atoms with Crippen LogP contribution in [-0.4, -0.2) is 29.9 Å². The molecule has 2 amide bonds. The van der Waals surface area contributed by atoms with Crippen LogP contribution in [-0.2, 0) is 6.54 Å². The molecule has 0 radical (unpaired) electrons. The fourth-order valence-corrected chi connectivity index (χ4v) is 1.71. The maximum Gasteiger partial charge on any atom is 0.315 e. The van der Waals surface area contributed by atoms with Crippen molar-refractivity contribution < 1.29 is 14.6 Å². The van der Waals surface area contributed by atoms with Crippen molar-refractivity contribution in [3.8, 4) is 5.75 Å². The Morgan fingerprint density at radius 1 is 1.35 bits per heavy atom. The van der Waals surface area contributed by atoms with Crippen molar-refractivity contribution in [2.24, 2.45) is 0 Å². The van der Waals surface area contributed by atoms with Gasteiger partial charge in [-0.3, -0.25) is 0 Å². The second kappa shape index (κ2) is 8.43. The lowest BCUT2D eigenvalue weighted by molar-refractivity contribution is 0.214. The Morgan fingerprint density at radius 2 is 2.05 bits per heavy atom. The lowest BCUT2D eigenvalue weighted by Gasteiger charge is -2.17. The number of hydrogen-bond donors (Lipinski definition) is 3. The van der Waals surface area contributed by atoms with Gasteiger partial charge in [-0.2, -0.15) is 0 Å². The zero-order valence-corrected chi connectivity index (χ0v) is 12.3. The predicted octanol–water partition coefficient (Wildman–Crippen LogP) is 2.04. The molecule has 0 aliphatic rings. The van der Waals surface area contributed by atoms with Gasteiger partial charge in [0.15, 0.2) is 0 Å². The monoisotopic (exact) mass is 280 g/mol. The normalized spacial score (nSPS) is 12.1. The van der Waals surface area contributed by atoms with E-state index in [4.69, 9.17) is 9.84 Å². The van der Waals surface area contributed by atoms with Gasteiger partial charge >= 0.3 is 6.03 Å². The van der Waals surface area contributed by atoms with E-state index >= 15 is 0 Å². The average Bonchev–Trinajstić information content (AvgIpc) is 2.43. The summed E-state index contributed by atoms with van der Waals surface area (Å²) in [5, 5.41) is 14.5. The predicted molar refractivity (Wildman–Crippen MR) is 78.7 cm³/mol. The Bertz CT molecular complexity index is 417. The number of carbonyl (C=O) groups excluding carboxylic acids is 1. The minimum Gasteiger partial charge on any atom is -0.491 e. The molecule has 0 aliphatic carbocycles. The van der Waals surface area contributed by atoms with E-state index in [2.05, 4.69) is 10.6 Å². The van der Waals surface area contributed by atoms with Crippen LogP contribution in [0.4, 0.5) is 4.79 Å². The van der Waals surface area contributed by atoms with Crippen LogP contribution >= 0.6 is 0 Å². The molecular weight excluding hydrogens is 256 g/mol. The molecule has 0 saturated carbocycles. The van der Waals surface area contributed by atoms with E-state index in [-0.39, 0.29) is 24.8 Å². The Hall–Kier alpha value is -1.75. The maximum atomic E-state index is 11.7. The average molecular weight is 280 g/mol. The number of benzene rings is 1. The van der Waals surface area contributed by atoms with Crippen molar-refractivity contribution in [2.45, 2.75) is 45.9 Å². The Balaban J connectivity index is 2.54. The van der Waals surface area contributed by atoms with Crippen LogP contribution < -0.4 is 15.4 Å². The third-order valence-electron chi connectivity index (χ3n) is 2.82. The largest absolute Gasteiger partial charge is 0.491 e. The third-order valence-corrected chi connectivity index (χ3v) is 2.82. The molecule has 1 atom stereocenters. The molecule has 5 nitrogen and oxygen atoms in total. The molecule has 0 saturated heterocycles. The maximum absolute atomic E-state index is 11.7. The van der Waals surface area contributed by atoms with Crippen molar-refractivity contribution in [2.75, 3.05) is 6.61 Å². The van der Waals surface area contributed by atoms with Crippen molar-refractivity contribution in [3.63, 3.8) is 0 Å². The quantitative estimate of drug-likeness (QED) is 0.716. The molecule has 0 aliphatic heterocycles. The lowest BCUT2D eigenvalue weighted by Crippen LogP contribution is -2.43. The van der Waals surface area contributed by atoms with Gasteiger partial charge in [-0.25, -0.2) is 4.79 Å². The van der Waals surface area contributed by atoms with Crippen LogP contribution in [0.2, 0.25) is 0 Å². The van der Waals surface area contributed by atoms with E-state index in [1.54, 1.807) is 0 Å². The minimum atomic E-state index is -0.287. The molecular formula is C15H24N2O3. The highest BCUT2D eigenvalue weighted by Gasteiger charge is 2.10. The highest BCUT2D eigenvalue weighted by atomic mass is 16.5. The summed E-state index contributed by atoms with van der Waals surface area (Å²) in [6.07, 6.45) is 0.778. The first-order chi connectivity index (χ1) is 9.56. The highest BCUT2D eigenvalue weighted by molar-refractivity contribution is 5.74. The van der Waals surface area contributed by atoms with Crippen LogP contribution in [0.3, 0.4) is 0 Å². The summed E-state index contributed by atoms with van der Waals surface area (Å²) in [4.78, 5) is 11.7.